The summed E-state index contributed by atoms with van der Waals surface area (Å²) in [7, 11) is 2.13. The highest BCUT2D eigenvalue weighted by molar-refractivity contribution is 14.0. The Bertz CT molecular complexity index is 515. The molecule has 0 bridgehead atoms. The molecule has 0 spiro atoms. The number of thiazole rings is 1. The molecule has 1 aliphatic heterocycles. The third-order valence-electron chi connectivity index (χ3n) is 4.28. The molecule has 0 amide bonds. The average Bonchev–Trinajstić information content (AvgIpc) is 2.87. The Labute approximate surface area is 167 Å². The maximum Gasteiger partial charge on any atom is 0.194 e. The van der Waals surface area contributed by atoms with E-state index in [0.29, 0.717) is 6.54 Å². The topological polar surface area (TPSA) is 49.8 Å². The van der Waals surface area contributed by atoms with Crippen molar-refractivity contribution in [1.82, 2.24) is 15.2 Å². The zero-order valence-electron chi connectivity index (χ0n) is 15.3. The normalized spacial score (nSPS) is 15.9. The smallest absolute Gasteiger partial charge is 0.194 e. The van der Waals surface area contributed by atoms with Crippen molar-refractivity contribution in [2.45, 2.75) is 46.6 Å². The van der Waals surface area contributed by atoms with Crippen LogP contribution in [0, 0.1) is 19.8 Å². The number of hydrogen-bond donors (Lipinski definition) is 1. The van der Waals surface area contributed by atoms with Gasteiger partial charge in [0.05, 0.1) is 17.2 Å². The first kappa shape index (κ1) is 21.6. The van der Waals surface area contributed by atoms with Gasteiger partial charge in [0.25, 0.3) is 0 Å². The fraction of sp³-hybridized carbons (Fsp3) is 0.765. The fourth-order valence-corrected chi connectivity index (χ4v) is 3.72. The van der Waals surface area contributed by atoms with E-state index in [1.807, 2.05) is 0 Å². The van der Waals surface area contributed by atoms with Crippen LogP contribution in [0.2, 0.25) is 0 Å². The lowest BCUT2D eigenvalue weighted by atomic mass is 9.96. The molecule has 1 fully saturated rings. The van der Waals surface area contributed by atoms with Gasteiger partial charge in [-0.2, -0.15) is 0 Å². The summed E-state index contributed by atoms with van der Waals surface area (Å²) >= 11 is 1.74. The van der Waals surface area contributed by atoms with E-state index in [2.05, 4.69) is 43.0 Å². The summed E-state index contributed by atoms with van der Waals surface area (Å²) in [6.07, 6.45) is 3.60. The van der Waals surface area contributed by atoms with Crippen molar-refractivity contribution in [1.29, 1.82) is 0 Å². The molecule has 5 nitrogen and oxygen atoms in total. The van der Waals surface area contributed by atoms with Gasteiger partial charge in [-0.1, -0.05) is 0 Å². The molecule has 0 unspecified atom stereocenters. The van der Waals surface area contributed by atoms with Gasteiger partial charge >= 0.3 is 0 Å². The van der Waals surface area contributed by atoms with Crippen LogP contribution >= 0.6 is 35.3 Å². The number of aliphatic imine (C=N–C) groups is 1. The number of aryl methyl sites for hydroxylation is 2. The number of hydrogen-bond acceptors (Lipinski definition) is 4. The Balaban J connectivity index is 0.00000288. The molecule has 0 saturated carbocycles. The van der Waals surface area contributed by atoms with E-state index in [1.165, 1.54) is 24.1 Å². The molecule has 24 heavy (non-hydrogen) atoms. The average molecular weight is 466 g/mol. The molecule has 2 rings (SSSR count). The number of aromatic nitrogens is 1. The first-order valence-corrected chi connectivity index (χ1v) is 9.42. The fourth-order valence-electron chi connectivity index (χ4n) is 2.85. The van der Waals surface area contributed by atoms with Crippen LogP contribution in [-0.4, -0.2) is 49.2 Å². The lowest BCUT2D eigenvalue weighted by molar-refractivity contribution is 0.0625. The predicted molar refractivity (Wildman–Crippen MR) is 113 cm³/mol. The van der Waals surface area contributed by atoms with Crippen molar-refractivity contribution in [3.8, 4) is 0 Å². The molecule has 1 N–H and O–H groups in total. The first-order chi connectivity index (χ1) is 11.1. The molecule has 7 heteroatoms. The Morgan fingerprint density at radius 2 is 2.08 bits per heavy atom. The zero-order valence-corrected chi connectivity index (χ0v) is 18.4. The van der Waals surface area contributed by atoms with Gasteiger partial charge in [0.1, 0.15) is 0 Å². The lowest BCUT2D eigenvalue weighted by Crippen LogP contribution is -2.40. The number of guanidine groups is 1. The predicted octanol–water partition coefficient (Wildman–Crippen LogP) is 3.59. The largest absolute Gasteiger partial charge is 0.381 e. The first-order valence-electron chi connectivity index (χ1n) is 8.60. The maximum atomic E-state index is 5.44. The van der Waals surface area contributed by atoms with Crippen LogP contribution in [0.1, 0.15) is 41.8 Å². The maximum absolute atomic E-state index is 5.44. The van der Waals surface area contributed by atoms with Gasteiger partial charge in [-0.05, 0) is 46.0 Å². The SMILES string of the molecule is CCNC(=NCc1sc(C)nc1C)N(C)CCC1CCOCC1.I. The lowest BCUT2D eigenvalue weighted by Gasteiger charge is -2.26. The number of nitrogens with one attached hydrogen (secondary N) is 1. The minimum Gasteiger partial charge on any atom is -0.381 e. The van der Waals surface area contributed by atoms with Gasteiger partial charge in [-0.25, -0.2) is 9.98 Å². The molecule has 0 aliphatic carbocycles. The van der Waals surface area contributed by atoms with E-state index < -0.39 is 0 Å². The molecule has 138 valence electrons. The van der Waals surface area contributed by atoms with Gasteiger partial charge < -0.3 is 15.0 Å². The standard InChI is InChI=1S/C17H30N4OS.HI/c1-5-18-17(19-12-16-13(2)20-14(3)23-16)21(4)9-6-15-7-10-22-11-8-15;/h15H,5-12H2,1-4H3,(H,18,19);1H. The molecule has 1 saturated heterocycles. The zero-order chi connectivity index (χ0) is 16.7. The molecule has 0 atom stereocenters. The van der Waals surface area contributed by atoms with Crippen molar-refractivity contribution < 1.29 is 4.74 Å². The van der Waals surface area contributed by atoms with E-state index >= 15 is 0 Å². The summed E-state index contributed by atoms with van der Waals surface area (Å²) < 4.78 is 5.44. The van der Waals surface area contributed by atoms with Crippen LogP contribution in [0.15, 0.2) is 4.99 Å². The van der Waals surface area contributed by atoms with Gasteiger partial charge in [-0.15, -0.1) is 35.3 Å². The van der Waals surface area contributed by atoms with Crippen LogP contribution in [0.3, 0.4) is 0 Å². The number of nitrogens with zero attached hydrogens (tertiary/aromatic N) is 3. The van der Waals surface area contributed by atoms with Crippen molar-refractivity contribution in [3.05, 3.63) is 15.6 Å². The molecule has 2 heterocycles. The monoisotopic (exact) mass is 466 g/mol. The Morgan fingerprint density at radius 1 is 1.38 bits per heavy atom. The Hall–Kier alpha value is -0.410. The van der Waals surface area contributed by atoms with E-state index in [1.54, 1.807) is 11.3 Å². The molecule has 0 aromatic carbocycles. The second kappa shape index (κ2) is 11.3. The molecular formula is C17H31IN4OS. The van der Waals surface area contributed by atoms with E-state index in [4.69, 9.17) is 9.73 Å². The highest BCUT2D eigenvalue weighted by Crippen LogP contribution is 2.19. The van der Waals surface area contributed by atoms with Gasteiger partial charge in [0.15, 0.2) is 5.96 Å². The molecule has 1 aromatic heterocycles. The Morgan fingerprint density at radius 3 is 2.67 bits per heavy atom. The third kappa shape index (κ3) is 6.84. The molecule has 0 radical (unpaired) electrons. The van der Waals surface area contributed by atoms with Gasteiger partial charge in [0.2, 0.25) is 0 Å². The third-order valence-corrected chi connectivity index (χ3v) is 5.34. The Kier molecular flexibility index (Phi) is 10.1. The van der Waals surface area contributed by atoms with Crippen LogP contribution < -0.4 is 5.32 Å². The molecular weight excluding hydrogens is 435 g/mol. The second-order valence-electron chi connectivity index (χ2n) is 6.18. The summed E-state index contributed by atoms with van der Waals surface area (Å²) in [6.45, 7) is 10.7. The highest BCUT2D eigenvalue weighted by atomic mass is 127. The van der Waals surface area contributed by atoms with Crippen LogP contribution in [-0.2, 0) is 11.3 Å². The summed E-state index contributed by atoms with van der Waals surface area (Å²) in [5.41, 5.74) is 1.11. The minimum atomic E-state index is 0. The van der Waals surface area contributed by atoms with E-state index in [9.17, 15) is 0 Å². The highest BCUT2D eigenvalue weighted by Gasteiger charge is 2.15. The second-order valence-corrected chi connectivity index (χ2v) is 7.47. The van der Waals surface area contributed by atoms with E-state index in [0.717, 1.165) is 48.9 Å². The summed E-state index contributed by atoms with van der Waals surface area (Å²) in [5, 5.41) is 4.52. The van der Waals surface area contributed by atoms with E-state index in [-0.39, 0.29) is 24.0 Å². The number of halogens is 1. The van der Waals surface area contributed by atoms with Crippen LogP contribution in [0.25, 0.3) is 0 Å². The molecule has 1 aliphatic rings. The van der Waals surface area contributed by atoms with Gasteiger partial charge in [-0.3, -0.25) is 0 Å². The summed E-state index contributed by atoms with van der Waals surface area (Å²) in [4.78, 5) is 12.8. The quantitative estimate of drug-likeness (QED) is 0.396. The number of ether oxygens (including phenoxy) is 1. The number of rotatable bonds is 6. The summed E-state index contributed by atoms with van der Waals surface area (Å²) in [5.74, 6) is 1.78. The van der Waals surface area contributed by atoms with Crippen LogP contribution in [0.4, 0.5) is 0 Å². The summed E-state index contributed by atoms with van der Waals surface area (Å²) in [6, 6.07) is 0. The molecule has 1 aromatic rings. The van der Waals surface area contributed by atoms with Crippen molar-refractivity contribution in [2.75, 3.05) is 33.4 Å². The van der Waals surface area contributed by atoms with Crippen molar-refractivity contribution in [3.63, 3.8) is 0 Å². The van der Waals surface area contributed by atoms with Crippen LogP contribution in [0.5, 0.6) is 0 Å². The minimum absolute atomic E-state index is 0. The van der Waals surface area contributed by atoms with Gasteiger partial charge in [0, 0.05) is 38.2 Å². The van der Waals surface area contributed by atoms with Crippen molar-refractivity contribution in [2.24, 2.45) is 10.9 Å². The van der Waals surface area contributed by atoms with Crippen molar-refractivity contribution >= 4 is 41.3 Å².